The quantitative estimate of drug-likeness (QED) is 0.176. The topological polar surface area (TPSA) is 0 Å². The van der Waals surface area contributed by atoms with Crippen LogP contribution in [0.3, 0.4) is 0 Å². The van der Waals surface area contributed by atoms with Crippen molar-refractivity contribution in [3.05, 3.63) is 0 Å². The lowest BCUT2D eigenvalue weighted by Crippen LogP contribution is -2.51. The third-order valence-corrected chi connectivity index (χ3v) is 6.04. The van der Waals surface area contributed by atoms with Crippen LogP contribution in [0.25, 0.3) is 0 Å². The molecule has 0 aliphatic carbocycles. The summed E-state index contributed by atoms with van der Waals surface area (Å²) in [6.07, 6.45) is 20.0. The Kier molecular flexibility index (Phi) is 15.9. The molecule has 0 unspecified atom stereocenters. The fourth-order valence-electron chi connectivity index (χ4n) is 3.76. The Morgan fingerprint density at radius 2 is 0.615 bits per heavy atom. The van der Waals surface area contributed by atoms with Gasteiger partial charge in [0.1, 0.15) is 13.1 Å². The summed E-state index contributed by atoms with van der Waals surface area (Å²) in [5, 5.41) is 0. The van der Waals surface area contributed by atoms with Gasteiger partial charge in [-0.3, -0.25) is 0 Å². The van der Waals surface area contributed by atoms with Crippen LogP contribution in [-0.4, -0.2) is 63.3 Å². The third-order valence-electron chi connectivity index (χ3n) is 6.04. The minimum absolute atomic E-state index is 1.20. The second-order valence-corrected chi connectivity index (χ2v) is 10.0. The van der Waals surface area contributed by atoms with Crippen LogP contribution in [0.4, 0.5) is 0 Å². The minimum atomic E-state index is 1.20. The minimum Gasteiger partial charge on any atom is -0.324 e. The molecule has 0 saturated heterocycles. The van der Waals surface area contributed by atoms with Crippen LogP contribution >= 0.6 is 0 Å². The maximum atomic E-state index is 2.44. The van der Waals surface area contributed by atoms with E-state index in [1.807, 2.05) is 0 Å². The summed E-state index contributed by atoms with van der Waals surface area (Å²) in [5.74, 6) is 0. The smallest absolute Gasteiger partial charge is 0.128 e. The van der Waals surface area contributed by atoms with Crippen molar-refractivity contribution in [2.75, 3.05) is 54.4 Å². The monoisotopic (exact) mass is 370 g/mol. The summed E-state index contributed by atoms with van der Waals surface area (Å²) in [4.78, 5) is 0. The Labute approximate surface area is 167 Å². The number of nitrogens with zero attached hydrogens (tertiary/aromatic N) is 2. The predicted octanol–water partition coefficient (Wildman–Crippen LogP) is 6.64. The number of hydrogen-bond acceptors (Lipinski definition) is 0. The highest BCUT2D eigenvalue weighted by molar-refractivity contribution is 4.48. The maximum Gasteiger partial charge on any atom is 0.128 e. The molecule has 0 aliphatic rings. The van der Waals surface area contributed by atoms with Crippen LogP contribution in [0.1, 0.15) is 104 Å². The van der Waals surface area contributed by atoms with E-state index >= 15 is 0 Å². The van der Waals surface area contributed by atoms with Gasteiger partial charge in [0, 0.05) is 0 Å². The molecule has 0 spiro atoms. The number of unbranched alkanes of at least 4 members (excludes halogenated alkanes) is 12. The Bertz CT molecular complexity index is 297. The zero-order chi connectivity index (χ0) is 19.7. The van der Waals surface area contributed by atoms with Gasteiger partial charge in [-0.2, -0.15) is 0 Å². The number of quaternary nitrogens is 2. The van der Waals surface area contributed by atoms with Crippen molar-refractivity contribution in [1.29, 1.82) is 0 Å². The van der Waals surface area contributed by atoms with Crippen molar-refractivity contribution < 1.29 is 8.97 Å². The molecule has 2 heteroatoms. The Balaban J connectivity index is 3.65. The summed E-state index contributed by atoms with van der Waals surface area (Å²) in [6, 6.07) is 0. The molecule has 0 aromatic rings. The normalized spacial score (nSPS) is 12.7. The molecular formula is C24H54N2+2. The molecule has 0 aliphatic heterocycles. The first-order valence-electron chi connectivity index (χ1n) is 12.0. The van der Waals surface area contributed by atoms with Gasteiger partial charge in [-0.05, 0) is 25.7 Å². The van der Waals surface area contributed by atoms with E-state index in [2.05, 4.69) is 42.0 Å². The molecule has 0 rings (SSSR count). The van der Waals surface area contributed by atoms with Gasteiger partial charge < -0.3 is 8.97 Å². The first kappa shape index (κ1) is 25.9. The van der Waals surface area contributed by atoms with Crippen LogP contribution in [-0.2, 0) is 0 Å². The van der Waals surface area contributed by atoms with E-state index in [9.17, 15) is 0 Å². The summed E-state index contributed by atoms with van der Waals surface area (Å²) in [5.41, 5.74) is 0. The van der Waals surface area contributed by atoms with Gasteiger partial charge >= 0.3 is 0 Å². The van der Waals surface area contributed by atoms with E-state index in [-0.39, 0.29) is 0 Å². The standard InChI is InChI=1S/C24H54N2/c1-7-9-11-13-14-15-16-17-18-20-22-26(5,6)24-23-25(3,4)21-19-12-10-8-2/h7-24H2,1-6H3/q+2. The van der Waals surface area contributed by atoms with Crippen molar-refractivity contribution in [3.63, 3.8) is 0 Å². The molecule has 0 aromatic heterocycles. The van der Waals surface area contributed by atoms with Gasteiger partial charge in [0.15, 0.2) is 0 Å². The largest absolute Gasteiger partial charge is 0.324 e. The Morgan fingerprint density at radius 1 is 0.346 bits per heavy atom. The van der Waals surface area contributed by atoms with E-state index in [0.717, 1.165) is 0 Å². The molecule has 0 atom stereocenters. The van der Waals surface area contributed by atoms with Gasteiger partial charge in [-0.1, -0.05) is 78.1 Å². The fraction of sp³-hybridized carbons (Fsp3) is 1.00. The average Bonchev–Trinajstić information content (AvgIpc) is 2.59. The Hall–Kier alpha value is -0.0800. The van der Waals surface area contributed by atoms with Crippen molar-refractivity contribution in [2.45, 2.75) is 104 Å². The number of hydrogen-bond donors (Lipinski definition) is 0. The zero-order valence-corrected chi connectivity index (χ0v) is 19.6. The summed E-state index contributed by atoms with van der Waals surface area (Å²) < 4.78 is 2.40. The van der Waals surface area contributed by atoms with Crippen LogP contribution < -0.4 is 0 Å². The molecule has 0 aromatic carbocycles. The molecule has 0 heterocycles. The first-order chi connectivity index (χ1) is 12.3. The van der Waals surface area contributed by atoms with Crippen molar-refractivity contribution >= 4 is 0 Å². The van der Waals surface area contributed by atoms with Crippen LogP contribution in [0, 0.1) is 0 Å². The molecule has 0 N–H and O–H groups in total. The molecule has 26 heavy (non-hydrogen) atoms. The van der Waals surface area contributed by atoms with Crippen molar-refractivity contribution in [3.8, 4) is 0 Å². The molecule has 0 radical (unpaired) electrons. The predicted molar refractivity (Wildman–Crippen MR) is 120 cm³/mol. The second kappa shape index (κ2) is 15.9. The van der Waals surface area contributed by atoms with E-state index < -0.39 is 0 Å². The molecular weight excluding hydrogens is 316 g/mol. The van der Waals surface area contributed by atoms with E-state index in [1.165, 1.54) is 125 Å². The lowest BCUT2D eigenvalue weighted by atomic mass is 10.1. The molecule has 2 nitrogen and oxygen atoms in total. The van der Waals surface area contributed by atoms with Gasteiger partial charge in [-0.25, -0.2) is 0 Å². The van der Waals surface area contributed by atoms with Crippen LogP contribution in [0.15, 0.2) is 0 Å². The average molecular weight is 371 g/mol. The van der Waals surface area contributed by atoms with Crippen molar-refractivity contribution in [2.24, 2.45) is 0 Å². The summed E-state index contributed by atoms with van der Waals surface area (Å²) in [6.45, 7) is 9.93. The lowest BCUT2D eigenvalue weighted by Gasteiger charge is -2.36. The lowest BCUT2D eigenvalue weighted by molar-refractivity contribution is -0.946. The Morgan fingerprint density at radius 3 is 0.962 bits per heavy atom. The number of rotatable bonds is 19. The molecule has 0 fully saturated rings. The van der Waals surface area contributed by atoms with E-state index in [0.29, 0.717) is 0 Å². The van der Waals surface area contributed by atoms with Crippen molar-refractivity contribution in [1.82, 2.24) is 0 Å². The summed E-state index contributed by atoms with van der Waals surface area (Å²) >= 11 is 0. The third kappa shape index (κ3) is 17.3. The van der Waals surface area contributed by atoms with Crippen LogP contribution in [0.2, 0.25) is 0 Å². The zero-order valence-electron chi connectivity index (χ0n) is 19.6. The number of likely N-dealkylation sites (N-methyl/N-ethyl adjacent to an activating group) is 2. The highest BCUT2D eigenvalue weighted by Gasteiger charge is 2.22. The molecule has 0 bridgehead atoms. The SMILES string of the molecule is CCCCCCCCCCCC[N+](C)(C)CC[N+](C)(C)CCCCCC. The maximum absolute atomic E-state index is 2.44. The highest BCUT2D eigenvalue weighted by Crippen LogP contribution is 2.12. The fourth-order valence-corrected chi connectivity index (χ4v) is 3.76. The highest BCUT2D eigenvalue weighted by atomic mass is 15.4. The van der Waals surface area contributed by atoms with Crippen LogP contribution in [0.5, 0.6) is 0 Å². The van der Waals surface area contributed by atoms with Gasteiger partial charge in [0.25, 0.3) is 0 Å². The summed E-state index contributed by atoms with van der Waals surface area (Å²) in [7, 11) is 9.72. The van der Waals surface area contributed by atoms with Gasteiger partial charge in [0.05, 0.1) is 41.3 Å². The second-order valence-electron chi connectivity index (χ2n) is 10.0. The molecule has 0 saturated carbocycles. The van der Waals surface area contributed by atoms with Gasteiger partial charge in [-0.15, -0.1) is 0 Å². The first-order valence-corrected chi connectivity index (χ1v) is 12.0. The van der Waals surface area contributed by atoms with E-state index in [4.69, 9.17) is 0 Å². The van der Waals surface area contributed by atoms with Gasteiger partial charge in [0.2, 0.25) is 0 Å². The molecule has 158 valence electrons. The molecule has 0 amide bonds. The van der Waals surface area contributed by atoms with E-state index in [1.54, 1.807) is 0 Å².